The second-order valence-electron chi connectivity index (χ2n) is 23.5. The molecule has 0 saturated heterocycles. The molecule has 0 saturated carbocycles. The van der Waals surface area contributed by atoms with E-state index in [1.807, 2.05) is 212 Å². The largest absolute Gasteiger partial charge is 0.299 e. The van der Waals surface area contributed by atoms with Crippen LogP contribution in [0.25, 0.3) is 156 Å². The highest BCUT2D eigenvalue weighted by molar-refractivity contribution is 6.06. The minimum Gasteiger partial charge on any atom is -0.228 e. The number of rotatable bonds is 10. The van der Waals surface area contributed by atoms with Gasteiger partial charge in [-0.3, -0.25) is 0 Å². The Bertz CT molecular complexity index is 5390. The third-order valence-electron chi connectivity index (χ3n) is 18.0. The molecule has 13 aromatic carbocycles. The van der Waals surface area contributed by atoms with Crippen molar-refractivity contribution in [2.45, 2.75) is 11.8 Å². The molecule has 0 fully saturated rings. The van der Waals surface area contributed by atoms with Crippen molar-refractivity contribution in [1.29, 1.82) is 0 Å². The summed E-state index contributed by atoms with van der Waals surface area (Å²) >= 11 is 0. The first-order valence-corrected chi connectivity index (χ1v) is 30.5. The van der Waals surface area contributed by atoms with E-state index in [1.165, 1.54) is 12.1 Å². The maximum atomic E-state index is 17.3. The van der Waals surface area contributed by atoms with Gasteiger partial charge < -0.3 is 0 Å². The van der Waals surface area contributed by atoms with Crippen LogP contribution in [-0.4, -0.2) is 24.9 Å². The summed E-state index contributed by atoms with van der Waals surface area (Å²) < 4.78 is 69.1. The molecule has 15 aromatic rings. The van der Waals surface area contributed by atoms with Crippen LogP contribution in [0.15, 0.2) is 297 Å². The monoisotopic (exact) mass is 1190 g/mol. The SMILES string of the molecule is FC1(F)c2cc(-c3ccc4ccc(-c5nc(-c6ccccc6)nc(-c6ccccc6)n5)cc4c3)ccc2-c2ccc(-c3cccc4c3-c3ccc(-c5ccc(-c6cc(-c7ccccc7)nc(-c7ccc(-c8ccccc8)cc7)n6)c6ccccc56)cc3C4(F)F)cc21. The third kappa shape index (κ3) is 9.19. The Balaban J connectivity index is 0.687. The Morgan fingerprint density at radius 2 is 0.598 bits per heavy atom. The Kier molecular flexibility index (Phi) is 12.7. The maximum absolute atomic E-state index is 17.3. The van der Waals surface area contributed by atoms with Crippen molar-refractivity contribution in [2.24, 2.45) is 0 Å². The van der Waals surface area contributed by atoms with Crippen LogP contribution in [0.2, 0.25) is 0 Å². The van der Waals surface area contributed by atoms with Gasteiger partial charge in [-0.2, -0.15) is 17.6 Å². The van der Waals surface area contributed by atoms with Crippen LogP contribution in [0, 0.1) is 0 Å². The molecule has 0 atom stereocenters. The lowest BCUT2D eigenvalue weighted by atomic mass is 9.90. The summed E-state index contributed by atoms with van der Waals surface area (Å²) in [6.45, 7) is 0. The second kappa shape index (κ2) is 21.5. The number of hydrogen-bond donors (Lipinski definition) is 0. The Labute approximate surface area is 527 Å². The van der Waals surface area contributed by atoms with Crippen LogP contribution >= 0.6 is 0 Å². The van der Waals surface area contributed by atoms with E-state index in [0.29, 0.717) is 67.8 Å². The summed E-state index contributed by atoms with van der Waals surface area (Å²) in [5.74, 6) is -4.60. The number of aromatic nitrogens is 5. The minimum atomic E-state index is -3.39. The minimum absolute atomic E-state index is 0.116. The summed E-state index contributed by atoms with van der Waals surface area (Å²) in [6, 6.07) is 94.3. The molecule has 9 heteroatoms. The van der Waals surface area contributed by atoms with Crippen LogP contribution in [0.5, 0.6) is 0 Å². The number of benzene rings is 13. The van der Waals surface area contributed by atoms with Crippen molar-refractivity contribution in [3.63, 3.8) is 0 Å². The van der Waals surface area contributed by atoms with E-state index >= 15 is 17.6 Å². The highest BCUT2D eigenvalue weighted by Gasteiger charge is 2.47. The van der Waals surface area contributed by atoms with Gasteiger partial charge in [0.2, 0.25) is 0 Å². The van der Waals surface area contributed by atoms with Gasteiger partial charge in [-0.15, -0.1) is 0 Å². The summed E-state index contributed by atoms with van der Waals surface area (Å²) in [4.78, 5) is 25.0. The van der Waals surface area contributed by atoms with Crippen LogP contribution in [0.1, 0.15) is 22.3 Å². The van der Waals surface area contributed by atoms with Crippen molar-refractivity contribution in [1.82, 2.24) is 24.9 Å². The quantitative estimate of drug-likeness (QED) is 0.128. The van der Waals surface area contributed by atoms with Gasteiger partial charge in [-0.05, 0) is 125 Å². The molecule has 5 nitrogen and oxygen atoms in total. The smallest absolute Gasteiger partial charge is 0.228 e. The fourth-order valence-corrected chi connectivity index (χ4v) is 13.4. The van der Waals surface area contributed by atoms with Gasteiger partial charge >= 0.3 is 0 Å². The number of nitrogens with zero attached hydrogens (tertiary/aromatic N) is 5. The zero-order valence-corrected chi connectivity index (χ0v) is 49.0. The zero-order valence-electron chi connectivity index (χ0n) is 49.0. The first-order chi connectivity index (χ1) is 45.1. The third-order valence-corrected chi connectivity index (χ3v) is 18.0. The van der Waals surface area contributed by atoms with E-state index in [1.54, 1.807) is 48.5 Å². The van der Waals surface area contributed by atoms with Crippen molar-refractivity contribution in [3.05, 3.63) is 320 Å². The molecule has 0 radical (unpaired) electrons. The molecule has 2 heterocycles. The van der Waals surface area contributed by atoms with Crippen LogP contribution in [0.4, 0.5) is 17.6 Å². The van der Waals surface area contributed by atoms with Gasteiger partial charge in [0, 0.05) is 55.6 Å². The van der Waals surface area contributed by atoms with E-state index in [2.05, 4.69) is 24.3 Å². The van der Waals surface area contributed by atoms with Gasteiger partial charge in [0.1, 0.15) is 0 Å². The number of alkyl halides is 4. The number of halogens is 4. The molecule has 0 aliphatic heterocycles. The molecule has 0 amide bonds. The number of hydrogen-bond acceptors (Lipinski definition) is 5. The second-order valence-corrected chi connectivity index (χ2v) is 23.5. The van der Waals surface area contributed by atoms with Crippen molar-refractivity contribution < 1.29 is 17.6 Å². The van der Waals surface area contributed by atoms with E-state index in [-0.39, 0.29) is 22.3 Å². The van der Waals surface area contributed by atoms with Crippen molar-refractivity contribution >= 4 is 21.5 Å². The van der Waals surface area contributed by atoms with Gasteiger partial charge in [-0.1, -0.05) is 261 Å². The first kappa shape index (κ1) is 54.4. The van der Waals surface area contributed by atoms with E-state index in [0.717, 1.165) is 88.6 Å². The fourth-order valence-electron chi connectivity index (χ4n) is 13.4. The van der Waals surface area contributed by atoms with Crippen LogP contribution in [-0.2, 0) is 11.8 Å². The van der Waals surface area contributed by atoms with Crippen molar-refractivity contribution in [2.75, 3.05) is 0 Å². The highest BCUT2D eigenvalue weighted by Crippen LogP contribution is 2.57. The predicted molar refractivity (Wildman–Crippen MR) is 362 cm³/mol. The maximum Gasteiger partial charge on any atom is 0.299 e. The molecular formula is C83H49F4N5. The topological polar surface area (TPSA) is 64.5 Å². The summed E-state index contributed by atoms with van der Waals surface area (Å²) in [5, 5.41) is 3.61. The van der Waals surface area contributed by atoms with Crippen molar-refractivity contribution in [3.8, 4) is 135 Å². The van der Waals surface area contributed by atoms with E-state index in [9.17, 15) is 0 Å². The molecule has 0 N–H and O–H groups in total. The predicted octanol–water partition coefficient (Wildman–Crippen LogP) is 21.9. The van der Waals surface area contributed by atoms with Crippen LogP contribution in [0.3, 0.4) is 0 Å². The summed E-state index contributed by atoms with van der Waals surface area (Å²) in [7, 11) is 0. The van der Waals surface area contributed by atoms with Gasteiger partial charge in [-0.25, -0.2) is 24.9 Å². The average molecular weight is 1190 g/mol. The molecule has 17 rings (SSSR count). The fraction of sp³-hybridized carbons (Fsp3) is 0.0241. The Morgan fingerprint density at radius 3 is 1.24 bits per heavy atom. The highest BCUT2D eigenvalue weighted by atomic mass is 19.3. The molecule has 92 heavy (non-hydrogen) atoms. The van der Waals surface area contributed by atoms with Gasteiger partial charge in [0.25, 0.3) is 11.8 Å². The normalized spacial score (nSPS) is 13.2. The lowest BCUT2D eigenvalue weighted by Crippen LogP contribution is -2.11. The lowest BCUT2D eigenvalue weighted by Gasteiger charge is -2.16. The average Bonchev–Trinajstić information content (AvgIpc) is 1.56. The van der Waals surface area contributed by atoms with E-state index in [4.69, 9.17) is 24.9 Å². The van der Waals surface area contributed by atoms with Gasteiger partial charge in [0.15, 0.2) is 23.3 Å². The summed E-state index contributed by atoms with van der Waals surface area (Å²) in [5.41, 5.74) is 13.4. The number of fused-ring (bicyclic) bond motifs is 8. The molecule has 2 aliphatic rings. The van der Waals surface area contributed by atoms with Gasteiger partial charge in [0.05, 0.1) is 11.4 Å². The Morgan fingerprint density at radius 1 is 0.207 bits per heavy atom. The van der Waals surface area contributed by atoms with E-state index < -0.39 is 11.8 Å². The summed E-state index contributed by atoms with van der Waals surface area (Å²) in [6.07, 6.45) is 0. The zero-order chi connectivity index (χ0) is 61.7. The Hall–Kier alpha value is -11.8. The molecule has 0 unspecified atom stereocenters. The molecule has 0 spiro atoms. The first-order valence-electron chi connectivity index (χ1n) is 30.5. The molecule has 434 valence electrons. The molecule has 2 aliphatic carbocycles. The van der Waals surface area contributed by atoms with Crippen LogP contribution < -0.4 is 0 Å². The molecule has 0 bridgehead atoms. The lowest BCUT2D eigenvalue weighted by molar-refractivity contribution is 0.0474. The molecular weight excluding hydrogens is 1140 g/mol. The standard InChI is InChI=1S/C83H49F4N5/c84-82(85)71-27-15-26-64(77(71)70-41-38-59(47-74(70)82)63-42-43-69(66-25-14-13-24-65(63)66)76-49-75(53-18-7-2-8-19-53)88-78(89-76)56-32-28-51(29-33-56)50-16-5-1-6-17-50)60-37-40-68-67-39-36-58(46-72(67)83(86,87)73(68)48-60)57-34-30-52-31-35-61(45-62(52)44-57)81-91-79(54-20-9-3-10-21-54)90-80(92-81)55-22-11-4-12-23-55/h1-49H. The molecule has 2 aromatic heterocycles.